The van der Waals surface area contributed by atoms with E-state index in [0.717, 1.165) is 52.7 Å². The van der Waals surface area contributed by atoms with Gasteiger partial charge in [0.25, 0.3) is 0 Å². The van der Waals surface area contributed by atoms with Gasteiger partial charge in [-0.1, -0.05) is 11.8 Å². The predicted octanol–water partition coefficient (Wildman–Crippen LogP) is 4.50. The fourth-order valence-corrected chi connectivity index (χ4v) is 5.35. The highest BCUT2D eigenvalue weighted by Crippen LogP contribution is 2.40. The van der Waals surface area contributed by atoms with Crippen molar-refractivity contribution in [3.05, 3.63) is 46.1 Å². The number of carbonyl (C=O) groups excluding carboxylic acids is 1. The zero-order valence-electron chi connectivity index (χ0n) is 13.9. The average molecular weight is 391 g/mol. The van der Waals surface area contributed by atoms with Crippen molar-refractivity contribution >= 4 is 44.9 Å². The zero-order valence-corrected chi connectivity index (χ0v) is 15.6. The summed E-state index contributed by atoms with van der Waals surface area (Å²) in [5, 5.41) is 4.24. The number of fused-ring (bicyclic) bond motifs is 3. The highest BCUT2D eigenvalue weighted by atomic mass is 32.2. The molecule has 1 aliphatic rings. The van der Waals surface area contributed by atoms with Crippen molar-refractivity contribution in [2.45, 2.75) is 31.2 Å². The van der Waals surface area contributed by atoms with Gasteiger partial charge >= 0.3 is 0 Å². The molecule has 2 heterocycles. The van der Waals surface area contributed by atoms with Gasteiger partial charge < -0.3 is 5.32 Å². The number of hydrogen-bond acceptors (Lipinski definition) is 5. The van der Waals surface area contributed by atoms with Crippen molar-refractivity contribution in [1.82, 2.24) is 9.97 Å². The van der Waals surface area contributed by atoms with Crippen LogP contribution in [-0.2, 0) is 17.6 Å². The van der Waals surface area contributed by atoms with Crippen molar-refractivity contribution in [3.8, 4) is 0 Å². The van der Waals surface area contributed by atoms with Gasteiger partial charge in [-0.2, -0.15) is 0 Å². The number of aromatic nitrogens is 2. The fraction of sp³-hybridized carbons (Fsp3) is 0.278. The molecule has 3 aromatic rings. The van der Waals surface area contributed by atoms with Crippen LogP contribution in [0.4, 0.5) is 14.5 Å². The molecule has 0 saturated heterocycles. The van der Waals surface area contributed by atoms with Crippen LogP contribution in [-0.4, -0.2) is 21.6 Å². The van der Waals surface area contributed by atoms with Gasteiger partial charge in [0.05, 0.1) is 11.4 Å². The monoisotopic (exact) mass is 391 g/mol. The lowest BCUT2D eigenvalue weighted by Gasteiger charge is -2.08. The van der Waals surface area contributed by atoms with Crippen LogP contribution >= 0.6 is 23.1 Å². The van der Waals surface area contributed by atoms with Crippen LogP contribution in [0.2, 0.25) is 0 Å². The van der Waals surface area contributed by atoms with Crippen LogP contribution in [0.25, 0.3) is 10.2 Å². The van der Waals surface area contributed by atoms with E-state index in [1.54, 1.807) is 11.3 Å². The van der Waals surface area contributed by atoms with E-state index in [-0.39, 0.29) is 11.4 Å². The summed E-state index contributed by atoms with van der Waals surface area (Å²) in [7, 11) is 0. The fourth-order valence-electron chi connectivity index (χ4n) is 3.08. The molecule has 0 radical (unpaired) electrons. The van der Waals surface area contributed by atoms with E-state index in [9.17, 15) is 13.6 Å². The summed E-state index contributed by atoms with van der Waals surface area (Å²) in [6.45, 7) is 1.83. The average Bonchev–Trinajstić information content (AvgIpc) is 3.16. The summed E-state index contributed by atoms with van der Waals surface area (Å²) in [4.78, 5) is 23.5. The molecule has 0 unspecified atom stereocenters. The molecular weight excluding hydrogens is 376 g/mol. The minimum Gasteiger partial charge on any atom is -0.323 e. The van der Waals surface area contributed by atoms with Crippen molar-refractivity contribution in [3.63, 3.8) is 0 Å². The molecule has 0 bridgehead atoms. The molecule has 2 aromatic heterocycles. The van der Waals surface area contributed by atoms with Crippen molar-refractivity contribution in [2.24, 2.45) is 0 Å². The first-order valence-electron chi connectivity index (χ1n) is 8.18. The van der Waals surface area contributed by atoms with Crippen LogP contribution < -0.4 is 5.32 Å². The second-order valence-corrected chi connectivity index (χ2v) is 8.12. The number of hydrogen-bond donors (Lipinski definition) is 1. The van der Waals surface area contributed by atoms with E-state index in [1.165, 1.54) is 22.2 Å². The van der Waals surface area contributed by atoms with E-state index in [2.05, 4.69) is 15.3 Å². The second-order valence-electron chi connectivity index (χ2n) is 6.07. The Morgan fingerprint density at radius 3 is 3.00 bits per heavy atom. The second kappa shape index (κ2) is 6.92. The van der Waals surface area contributed by atoms with E-state index in [1.807, 2.05) is 6.92 Å². The third-order valence-electron chi connectivity index (χ3n) is 4.19. The molecule has 0 fully saturated rings. The number of aryl methyl sites for hydroxylation is 3. The van der Waals surface area contributed by atoms with Gasteiger partial charge in [0, 0.05) is 16.3 Å². The summed E-state index contributed by atoms with van der Waals surface area (Å²) in [5.41, 5.74) is 1.14. The van der Waals surface area contributed by atoms with Gasteiger partial charge in [-0.05, 0) is 43.9 Å². The Labute approximate surface area is 157 Å². The molecule has 26 heavy (non-hydrogen) atoms. The summed E-state index contributed by atoms with van der Waals surface area (Å²) >= 11 is 3.00. The topological polar surface area (TPSA) is 54.9 Å². The Hall–Kier alpha value is -2.06. The number of amides is 1. The van der Waals surface area contributed by atoms with Crippen LogP contribution in [0.5, 0.6) is 0 Å². The van der Waals surface area contributed by atoms with Crippen molar-refractivity contribution in [2.75, 3.05) is 11.1 Å². The van der Waals surface area contributed by atoms with Crippen molar-refractivity contribution in [1.29, 1.82) is 0 Å². The van der Waals surface area contributed by atoms with E-state index < -0.39 is 17.5 Å². The molecule has 134 valence electrons. The highest BCUT2D eigenvalue weighted by molar-refractivity contribution is 8.00. The smallest absolute Gasteiger partial charge is 0.234 e. The number of benzene rings is 1. The number of anilines is 1. The first-order chi connectivity index (χ1) is 12.5. The molecule has 1 aromatic carbocycles. The lowest BCUT2D eigenvalue weighted by Crippen LogP contribution is -2.15. The molecule has 4 nitrogen and oxygen atoms in total. The standard InChI is InChI=1S/C18H15F2N3OS2/c1-9-21-17(16-11-3-2-4-14(11)26-18(16)22-9)25-8-15(24)23-13-7-10(19)5-6-12(13)20/h5-7H,2-4,8H2,1H3,(H,23,24). The summed E-state index contributed by atoms with van der Waals surface area (Å²) < 4.78 is 26.9. The van der Waals surface area contributed by atoms with Gasteiger partial charge in [-0.3, -0.25) is 4.79 Å². The Kier molecular flexibility index (Phi) is 4.62. The van der Waals surface area contributed by atoms with Gasteiger partial charge in [-0.15, -0.1) is 11.3 Å². The van der Waals surface area contributed by atoms with Crippen LogP contribution in [0.1, 0.15) is 22.7 Å². The molecule has 4 rings (SSSR count). The molecule has 8 heteroatoms. The van der Waals surface area contributed by atoms with Gasteiger partial charge in [0.15, 0.2) is 0 Å². The Bertz CT molecular complexity index is 1020. The number of halogens is 2. The normalized spacial score (nSPS) is 13.2. The predicted molar refractivity (Wildman–Crippen MR) is 99.9 cm³/mol. The molecule has 1 aliphatic carbocycles. The number of thioether (sulfide) groups is 1. The Morgan fingerprint density at radius 2 is 2.15 bits per heavy atom. The minimum atomic E-state index is -0.666. The molecule has 0 atom stereocenters. The molecule has 0 spiro atoms. The van der Waals surface area contributed by atoms with Crippen molar-refractivity contribution < 1.29 is 13.6 Å². The molecular formula is C18H15F2N3OS2. The van der Waals surface area contributed by atoms with Crippen LogP contribution in [0.3, 0.4) is 0 Å². The number of carbonyl (C=O) groups is 1. The van der Waals surface area contributed by atoms with E-state index >= 15 is 0 Å². The Morgan fingerprint density at radius 1 is 1.31 bits per heavy atom. The molecule has 0 aliphatic heterocycles. The van der Waals surface area contributed by atoms with Crippen LogP contribution in [0.15, 0.2) is 23.2 Å². The van der Waals surface area contributed by atoms with Gasteiger partial charge in [0.1, 0.15) is 27.3 Å². The van der Waals surface area contributed by atoms with Gasteiger partial charge in [-0.25, -0.2) is 18.7 Å². The quantitative estimate of drug-likeness (QED) is 0.526. The maximum atomic E-state index is 13.7. The Balaban J connectivity index is 1.54. The van der Waals surface area contributed by atoms with E-state index in [0.29, 0.717) is 5.82 Å². The minimum absolute atomic E-state index is 0.0616. The third kappa shape index (κ3) is 3.31. The summed E-state index contributed by atoms with van der Waals surface area (Å²) in [5.74, 6) is -0.948. The molecule has 1 amide bonds. The number of rotatable bonds is 4. The van der Waals surface area contributed by atoms with Crippen LogP contribution in [0, 0.1) is 18.6 Å². The zero-order chi connectivity index (χ0) is 18.3. The molecule has 0 saturated carbocycles. The molecule has 1 N–H and O–H groups in total. The number of nitrogens with zero attached hydrogens (tertiary/aromatic N) is 2. The number of nitrogens with one attached hydrogen (secondary N) is 1. The largest absolute Gasteiger partial charge is 0.323 e. The lowest BCUT2D eigenvalue weighted by atomic mass is 10.2. The summed E-state index contributed by atoms with van der Waals surface area (Å²) in [6.07, 6.45) is 3.21. The third-order valence-corrected chi connectivity index (χ3v) is 6.35. The first-order valence-corrected chi connectivity index (χ1v) is 9.98. The SMILES string of the molecule is Cc1nc(SCC(=O)Nc2cc(F)ccc2F)c2c3c(sc2n1)CCC3. The summed E-state index contributed by atoms with van der Waals surface area (Å²) in [6, 6.07) is 2.97. The maximum absolute atomic E-state index is 13.7. The lowest BCUT2D eigenvalue weighted by molar-refractivity contribution is -0.113. The first kappa shape index (κ1) is 17.4. The highest BCUT2D eigenvalue weighted by Gasteiger charge is 2.22. The maximum Gasteiger partial charge on any atom is 0.234 e. The van der Waals surface area contributed by atoms with E-state index in [4.69, 9.17) is 0 Å². The number of thiophene rings is 1. The van der Waals surface area contributed by atoms with Gasteiger partial charge in [0.2, 0.25) is 5.91 Å².